The van der Waals surface area contributed by atoms with Crippen LogP contribution in [-0.4, -0.2) is 24.6 Å². The van der Waals surface area contributed by atoms with Crippen LogP contribution in [0.2, 0.25) is 0 Å². The fourth-order valence-electron chi connectivity index (χ4n) is 1.82. The van der Waals surface area contributed by atoms with Crippen LogP contribution in [0.4, 0.5) is 8.78 Å². The number of allylic oxidation sites excluding steroid dienone is 2. The fraction of sp³-hybridized carbons (Fsp3) is 0.154. The van der Waals surface area contributed by atoms with E-state index in [0.717, 1.165) is 18.3 Å². The third kappa shape index (κ3) is 2.42. The molecule has 1 aromatic carbocycles. The summed E-state index contributed by atoms with van der Waals surface area (Å²) in [6.07, 6.45) is 1.03. The molecule has 19 heavy (non-hydrogen) atoms. The number of benzene rings is 1. The zero-order valence-electron chi connectivity index (χ0n) is 9.77. The van der Waals surface area contributed by atoms with Crippen LogP contribution < -0.4 is 5.73 Å². The van der Waals surface area contributed by atoms with Gasteiger partial charge in [0, 0.05) is 6.21 Å². The van der Waals surface area contributed by atoms with Crippen molar-refractivity contribution in [2.75, 3.05) is 6.67 Å². The highest BCUT2D eigenvalue weighted by Crippen LogP contribution is 2.27. The Bertz CT molecular complexity index is 591. The molecule has 1 atom stereocenters. The van der Waals surface area contributed by atoms with Crippen molar-refractivity contribution in [1.82, 2.24) is 0 Å². The molecule has 1 aliphatic heterocycles. The largest absolute Gasteiger partial charge is 0.369 e. The number of nitrogens with zero attached hydrogens (tertiary/aromatic N) is 1. The summed E-state index contributed by atoms with van der Waals surface area (Å²) in [4.78, 5) is 27.0. The summed E-state index contributed by atoms with van der Waals surface area (Å²) >= 11 is 0. The number of halogens is 2. The predicted molar refractivity (Wildman–Crippen MR) is 65.5 cm³/mol. The number of amides is 1. The zero-order chi connectivity index (χ0) is 14.0. The van der Waals surface area contributed by atoms with E-state index in [2.05, 4.69) is 4.99 Å². The maximum atomic E-state index is 12.9. The molecule has 98 valence electrons. The summed E-state index contributed by atoms with van der Waals surface area (Å²) < 4.78 is 25.7. The first-order valence-corrected chi connectivity index (χ1v) is 5.47. The van der Waals surface area contributed by atoms with Crippen molar-refractivity contribution < 1.29 is 18.4 Å². The van der Waals surface area contributed by atoms with Gasteiger partial charge in [-0.25, -0.2) is 8.78 Å². The van der Waals surface area contributed by atoms with Crippen LogP contribution >= 0.6 is 0 Å². The predicted octanol–water partition coefficient (Wildman–Crippen LogP) is 1.26. The minimum Gasteiger partial charge on any atom is -0.369 e. The van der Waals surface area contributed by atoms with Crippen molar-refractivity contribution in [2.24, 2.45) is 16.6 Å². The summed E-state index contributed by atoms with van der Waals surface area (Å²) in [5, 5.41) is 0. The van der Waals surface area contributed by atoms with Crippen LogP contribution in [0.3, 0.4) is 0 Å². The van der Waals surface area contributed by atoms with Gasteiger partial charge in [0.1, 0.15) is 18.4 Å². The van der Waals surface area contributed by atoms with Crippen LogP contribution in [0.25, 0.3) is 5.57 Å². The lowest BCUT2D eigenvalue weighted by Gasteiger charge is -2.17. The van der Waals surface area contributed by atoms with E-state index in [-0.39, 0.29) is 11.3 Å². The number of primary amides is 1. The summed E-state index contributed by atoms with van der Waals surface area (Å²) in [5.41, 5.74) is 5.27. The number of alkyl halides is 1. The SMILES string of the molecule is NC(=O)C1C=NC(CF)=C(c2ccc(F)cc2)C1=O. The number of Topliss-reactive ketones (excluding diaryl/α,β-unsaturated/α-hetero) is 1. The average Bonchev–Trinajstić information content (AvgIpc) is 2.39. The van der Waals surface area contributed by atoms with Gasteiger partial charge in [-0.05, 0) is 17.7 Å². The molecule has 1 unspecified atom stereocenters. The van der Waals surface area contributed by atoms with Crippen molar-refractivity contribution in [3.05, 3.63) is 41.3 Å². The van der Waals surface area contributed by atoms with Gasteiger partial charge in [-0.2, -0.15) is 0 Å². The van der Waals surface area contributed by atoms with Gasteiger partial charge < -0.3 is 5.73 Å². The highest BCUT2D eigenvalue weighted by Gasteiger charge is 2.31. The highest BCUT2D eigenvalue weighted by molar-refractivity contribution is 6.34. The Labute approximate surface area is 107 Å². The first-order valence-electron chi connectivity index (χ1n) is 5.47. The second-order valence-electron chi connectivity index (χ2n) is 3.98. The lowest BCUT2D eigenvalue weighted by atomic mass is 9.89. The van der Waals surface area contributed by atoms with Crippen LogP contribution in [-0.2, 0) is 9.59 Å². The van der Waals surface area contributed by atoms with Crippen molar-refractivity contribution >= 4 is 23.5 Å². The van der Waals surface area contributed by atoms with Crippen molar-refractivity contribution in [1.29, 1.82) is 0 Å². The summed E-state index contributed by atoms with van der Waals surface area (Å²) in [7, 11) is 0. The molecule has 0 aliphatic carbocycles. The molecule has 2 N–H and O–H groups in total. The van der Waals surface area contributed by atoms with Crippen molar-refractivity contribution in [3.8, 4) is 0 Å². The van der Waals surface area contributed by atoms with Gasteiger partial charge in [0.15, 0.2) is 5.78 Å². The molecule has 6 heteroatoms. The molecule has 0 saturated heterocycles. The second kappa shape index (κ2) is 5.09. The minimum atomic E-state index is -1.21. The first-order chi connectivity index (χ1) is 9.04. The van der Waals surface area contributed by atoms with Gasteiger partial charge in [-0.1, -0.05) is 12.1 Å². The standard InChI is InChI=1S/C13H10F2N2O2/c14-5-10-11(7-1-3-8(15)4-2-7)12(18)9(6-17-10)13(16)19/h1-4,6,9H,5H2,(H2,16,19). The third-order valence-corrected chi connectivity index (χ3v) is 2.76. The Hall–Kier alpha value is -2.37. The number of nitrogens with two attached hydrogens (primary N) is 1. The first kappa shape index (κ1) is 13.1. The Morgan fingerprint density at radius 1 is 1.32 bits per heavy atom. The van der Waals surface area contributed by atoms with E-state index < -0.39 is 30.1 Å². The molecule has 1 amide bonds. The lowest BCUT2D eigenvalue weighted by molar-refractivity contribution is -0.126. The number of hydrogen-bond donors (Lipinski definition) is 1. The number of carbonyl (C=O) groups is 2. The molecule has 0 fully saturated rings. The van der Waals surface area contributed by atoms with Crippen molar-refractivity contribution in [2.45, 2.75) is 0 Å². The van der Waals surface area contributed by atoms with E-state index in [4.69, 9.17) is 5.73 Å². The second-order valence-corrected chi connectivity index (χ2v) is 3.98. The van der Waals surface area contributed by atoms with Crippen molar-refractivity contribution in [3.63, 3.8) is 0 Å². The van der Waals surface area contributed by atoms with Gasteiger partial charge in [0.25, 0.3) is 0 Å². The normalized spacial score (nSPS) is 18.8. The number of ketones is 1. The van der Waals surface area contributed by atoms with Gasteiger partial charge in [0.05, 0.1) is 11.3 Å². The molecular formula is C13H10F2N2O2. The average molecular weight is 264 g/mol. The number of hydrogen-bond acceptors (Lipinski definition) is 3. The number of carbonyl (C=O) groups excluding carboxylic acids is 2. The monoisotopic (exact) mass is 264 g/mol. The maximum Gasteiger partial charge on any atom is 0.233 e. The zero-order valence-corrected chi connectivity index (χ0v) is 9.77. The van der Waals surface area contributed by atoms with Gasteiger partial charge >= 0.3 is 0 Å². The van der Waals surface area contributed by atoms with Crippen LogP contribution in [0.5, 0.6) is 0 Å². The van der Waals surface area contributed by atoms with E-state index >= 15 is 0 Å². The van der Waals surface area contributed by atoms with Crippen LogP contribution in [0, 0.1) is 11.7 Å². The van der Waals surface area contributed by atoms with Crippen LogP contribution in [0.15, 0.2) is 35.0 Å². The van der Waals surface area contributed by atoms with E-state index in [1.807, 2.05) is 0 Å². The van der Waals surface area contributed by atoms with E-state index in [0.29, 0.717) is 5.56 Å². The number of rotatable bonds is 3. The smallest absolute Gasteiger partial charge is 0.233 e. The third-order valence-electron chi connectivity index (χ3n) is 2.76. The molecule has 0 bridgehead atoms. The van der Waals surface area contributed by atoms with Crippen LogP contribution in [0.1, 0.15) is 5.56 Å². The van der Waals surface area contributed by atoms with Gasteiger partial charge in [-0.15, -0.1) is 0 Å². The van der Waals surface area contributed by atoms with E-state index in [1.54, 1.807) is 0 Å². The molecule has 0 saturated carbocycles. The molecule has 1 heterocycles. The molecule has 0 spiro atoms. The maximum absolute atomic E-state index is 12.9. The lowest BCUT2D eigenvalue weighted by Crippen LogP contribution is -2.34. The quantitative estimate of drug-likeness (QED) is 0.835. The van der Waals surface area contributed by atoms with Gasteiger partial charge in [-0.3, -0.25) is 14.6 Å². The molecule has 0 radical (unpaired) electrons. The Kier molecular flexibility index (Phi) is 3.50. The molecule has 1 aliphatic rings. The summed E-state index contributed by atoms with van der Waals surface area (Å²) in [5.74, 6) is -3.17. The molecule has 0 aromatic heterocycles. The Balaban J connectivity index is 2.52. The molecule has 1 aromatic rings. The summed E-state index contributed by atoms with van der Waals surface area (Å²) in [6, 6.07) is 4.94. The Morgan fingerprint density at radius 3 is 2.47 bits per heavy atom. The van der Waals surface area contributed by atoms with Gasteiger partial charge in [0.2, 0.25) is 5.91 Å². The minimum absolute atomic E-state index is 0.0335. The molecule has 4 nitrogen and oxygen atoms in total. The fourth-order valence-corrected chi connectivity index (χ4v) is 1.82. The van der Waals surface area contributed by atoms with E-state index in [1.165, 1.54) is 12.1 Å². The topological polar surface area (TPSA) is 72.5 Å². The summed E-state index contributed by atoms with van der Waals surface area (Å²) in [6.45, 7) is -0.958. The molecular weight excluding hydrogens is 254 g/mol. The van der Waals surface area contributed by atoms with E-state index in [9.17, 15) is 18.4 Å². The Morgan fingerprint density at radius 2 is 1.95 bits per heavy atom. The molecule has 2 rings (SSSR count). The highest BCUT2D eigenvalue weighted by atomic mass is 19.1. The number of aliphatic imine (C=N–C) groups is 1.